The molecule has 0 bridgehead atoms. The Kier molecular flexibility index (Phi) is 4.88. The molecule has 116 valence electrons. The quantitative estimate of drug-likeness (QED) is 0.891. The molecule has 0 saturated heterocycles. The summed E-state index contributed by atoms with van der Waals surface area (Å²) in [5.41, 5.74) is 2.46. The Labute approximate surface area is 131 Å². The van der Waals surface area contributed by atoms with Crippen molar-refractivity contribution in [3.05, 3.63) is 71.8 Å². The highest BCUT2D eigenvalue weighted by atomic mass is 16.3. The van der Waals surface area contributed by atoms with Gasteiger partial charge < -0.3 is 10.2 Å². The van der Waals surface area contributed by atoms with Gasteiger partial charge in [0.1, 0.15) is 0 Å². The molecule has 2 aromatic carbocycles. The lowest BCUT2D eigenvalue weighted by Crippen LogP contribution is -2.42. The predicted molar refractivity (Wildman–Crippen MR) is 87.2 cm³/mol. The molecule has 0 unspecified atom stereocenters. The zero-order valence-electron chi connectivity index (χ0n) is 12.7. The van der Waals surface area contributed by atoms with Gasteiger partial charge in [0.25, 0.3) is 0 Å². The van der Waals surface area contributed by atoms with Crippen LogP contribution >= 0.6 is 0 Å². The standard InChI is InChI=1S/C19H23NO2/c21-18-12-11-17(19(18)22)20(13-15-7-3-1-4-8-15)14-16-9-5-2-6-10-16/h1-10,17-19,21-22H,11-14H2/t17-,18-,19+/m1/s1. The molecule has 1 fully saturated rings. The van der Waals surface area contributed by atoms with Crippen molar-refractivity contribution >= 4 is 0 Å². The number of aliphatic hydroxyl groups excluding tert-OH is 2. The van der Waals surface area contributed by atoms with Crippen LogP contribution < -0.4 is 0 Å². The molecule has 0 aromatic heterocycles. The van der Waals surface area contributed by atoms with Gasteiger partial charge in [-0.05, 0) is 24.0 Å². The van der Waals surface area contributed by atoms with E-state index < -0.39 is 12.2 Å². The number of hydrogen-bond acceptors (Lipinski definition) is 3. The molecule has 0 spiro atoms. The van der Waals surface area contributed by atoms with Crippen molar-refractivity contribution in [2.45, 2.75) is 44.2 Å². The minimum atomic E-state index is -0.660. The second kappa shape index (κ2) is 7.05. The molecule has 22 heavy (non-hydrogen) atoms. The number of nitrogens with zero attached hydrogens (tertiary/aromatic N) is 1. The summed E-state index contributed by atoms with van der Waals surface area (Å²) in [6, 6.07) is 20.6. The fourth-order valence-electron chi connectivity index (χ4n) is 3.26. The summed E-state index contributed by atoms with van der Waals surface area (Å²) < 4.78 is 0. The lowest BCUT2D eigenvalue weighted by atomic mass is 10.1. The number of rotatable bonds is 5. The maximum atomic E-state index is 10.3. The molecule has 3 heteroatoms. The van der Waals surface area contributed by atoms with E-state index in [0.29, 0.717) is 6.42 Å². The molecule has 3 atom stereocenters. The van der Waals surface area contributed by atoms with Crippen LogP contribution in [0.3, 0.4) is 0 Å². The van der Waals surface area contributed by atoms with Crippen LogP contribution in [0.15, 0.2) is 60.7 Å². The molecule has 0 radical (unpaired) electrons. The average molecular weight is 297 g/mol. The third-order valence-electron chi connectivity index (χ3n) is 4.47. The molecule has 2 N–H and O–H groups in total. The van der Waals surface area contributed by atoms with Crippen LogP contribution in [0.5, 0.6) is 0 Å². The summed E-state index contributed by atoms with van der Waals surface area (Å²) in [5.74, 6) is 0. The summed E-state index contributed by atoms with van der Waals surface area (Å²) in [4.78, 5) is 2.28. The number of aliphatic hydroxyl groups is 2. The fraction of sp³-hybridized carbons (Fsp3) is 0.368. The molecule has 3 rings (SSSR count). The Hall–Kier alpha value is -1.68. The second-order valence-electron chi connectivity index (χ2n) is 6.08. The fourth-order valence-corrected chi connectivity index (χ4v) is 3.26. The molecule has 1 saturated carbocycles. The van der Waals surface area contributed by atoms with Gasteiger partial charge in [-0.25, -0.2) is 0 Å². The Morgan fingerprint density at radius 1 is 0.773 bits per heavy atom. The van der Waals surface area contributed by atoms with E-state index in [2.05, 4.69) is 29.2 Å². The van der Waals surface area contributed by atoms with Crippen molar-refractivity contribution in [2.24, 2.45) is 0 Å². The summed E-state index contributed by atoms with van der Waals surface area (Å²) in [7, 11) is 0. The molecule has 1 aliphatic carbocycles. The molecule has 0 amide bonds. The van der Waals surface area contributed by atoms with Crippen LogP contribution in [0.25, 0.3) is 0 Å². The van der Waals surface area contributed by atoms with Gasteiger partial charge in [-0.1, -0.05) is 60.7 Å². The van der Waals surface area contributed by atoms with Crippen molar-refractivity contribution in [1.82, 2.24) is 4.90 Å². The third kappa shape index (κ3) is 3.55. The summed E-state index contributed by atoms with van der Waals surface area (Å²) in [5, 5.41) is 20.2. The van der Waals surface area contributed by atoms with E-state index in [1.807, 2.05) is 36.4 Å². The van der Waals surface area contributed by atoms with Crippen LogP contribution in [0.1, 0.15) is 24.0 Å². The van der Waals surface area contributed by atoms with Crippen molar-refractivity contribution in [3.63, 3.8) is 0 Å². The average Bonchev–Trinajstić information content (AvgIpc) is 2.88. The molecule has 0 aliphatic heterocycles. The van der Waals surface area contributed by atoms with Crippen molar-refractivity contribution in [2.75, 3.05) is 0 Å². The molecular weight excluding hydrogens is 274 g/mol. The smallest absolute Gasteiger partial charge is 0.0954 e. The van der Waals surface area contributed by atoms with Gasteiger partial charge in [0.2, 0.25) is 0 Å². The maximum Gasteiger partial charge on any atom is 0.0954 e. The number of benzene rings is 2. The van der Waals surface area contributed by atoms with E-state index in [1.54, 1.807) is 0 Å². The first-order valence-electron chi connectivity index (χ1n) is 7.92. The van der Waals surface area contributed by atoms with E-state index in [4.69, 9.17) is 0 Å². The lowest BCUT2D eigenvalue weighted by Gasteiger charge is -2.31. The summed E-state index contributed by atoms with van der Waals surface area (Å²) >= 11 is 0. The van der Waals surface area contributed by atoms with Gasteiger partial charge in [-0.2, -0.15) is 0 Å². The van der Waals surface area contributed by atoms with E-state index >= 15 is 0 Å². The van der Waals surface area contributed by atoms with E-state index in [1.165, 1.54) is 11.1 Å². The van der Waals surface area contributed by atoms with Gasteiger partial charge in [0.15, 0.2) is 0 Å². The number of hydrogen-bond donors (Lipinski definition) is 2. The highest BCUT2D eigenvalue weighted by Crippen LogP contribution is 2.27. The Morgan fingerprint density at radius 2 is 1.27 bits per heavy atom. The molecule has 2 aromatic rings. The topological polar surface area (TPSA) is 43.7 Å². The van der Waals surface area contributed by atoms with Crippen molar-refractivity contribution < 1.29 is 10.2 Å². The highest BCUT2D eigenvalue weighted by molar-refractivity contribution is 5.17. The summed E-state index contributed by atoms with van der Waals surface area (Å²) in [6.07, 6.45) is 0.250. The van der Waals surface area contributed by atoms with Crippen molar-refractivity contribution in [1.29, 1.82) is 0 Å². The lowest BCUT2D eigenvalue weighted by molar-refractivity contribution is -0.00552. The monoisotopic (exact) mass is 297 g/mol. The first kappa shape index (κ1) is 15.2. The van der Waals surface area contributed by atoms with Crippen LogP contribution in [0.2, 0.25) is 0 Å². The largest absolute Gasteiger partial charge is 0.390 e. The van der Waals surface area contributed by atoms with Gasteiger partial charge in [-0.3, -0.25) is 4.90 Å². The second-order valence-corrected chi connectivity index (χ2v) is 6.08. The molecular formula is C19H23NO2. The Morgan fingerprint density at radius 3 is 1.68 bits per heavy atom. The Balaban J connectivity index is 1.79. The first-order valence-corrected chi connectivity index (χ1v) is 7.92. The first-order chi connectivity index (χ1) is 10.7. The minimum absolute atomic E-state index is 0.00964. The van der Waals surface area contributed by atoms with E-state index in [0.717, 1.165) is 19.5 Å². The van der Waals surface area contributed by atoms with Gasteiger partial charge >= 0.3 is 0 Å². The van der Waals surface area contributed by atoms with E-state index in [-0.39, 0.29) is 6.04 Å². The zero-order valence-corrected chi connectivity index (χ0v) is 12.7. The molecule has 1 aliphatic rings. The van der Waals surface area contributed by atoms with Crippen LogP contribution in [-0.2, 0) is 13.1 Å². The van der Waals surface area contributed by atoms with Gasteiger partial charge in [0, 0.05) is 19.1 Å². The van der Waals surface area contributed by atoms with E-state index in [9.17, 15) is 10.2 Å². The van der Waals surface area contributed by atoms with Crippen LogP contribution in [0.4, 0.5) is 0 Å². The van der Waals surface area contributed by atoms with Crippen molar-refractivity contribution in [3.8, 4) is 0 Å². The van der Waals surface area contributed by atoms with Gasteiger partial charge in [-0.15, -0.1) is 0 Å². The zero-order chi connectivity index (χ0) is 15.4. The predicted octanol–water partition coefficient (Wildman–Crippen LogP) is 2.57. The normalized spacial score (nSPS) is 24.8. The minimum Gasteiger partial charge on any atom is -0.390 e. The van der Waals surface area contributed by atoms with Crippen LogP contribution in [0, 0.1) is 0 Å². The molecule has 0 heterocycles. The SMILES string of the molecule is O[C@@H]1[C@H](O)CC[C@H]1N(Cc1ccccc1)Cc1ccccc1. The summed E-state index contributed by atoms with van der Waals surface area (Å²) in [6.45, 7) is 1.56. The molecule has 3 nitrogen and oxygen atoms in total. The maximum absolute atomic E-state index is 10.3. The third-order valence-corrected chi connectivity index (χ3v) is 4.47. The van der Waals surface area contributed by atoms with Gasteiger partial charge in [0.05, 0.1) is 12.2 Å². The highest BCUT2D eigenvalue weighted by Gasteiger charge is 2.37. The van der Waals surface area contributed by atoms with Crippen LogP contribution in [-0.4, -0.2) is 33.4 Å². The Bertz CT molecular complexity index is 531.